The summed E-state index contributed by atoms with van der Waals surface area (Å²) in [6.45, 7) is 1.84. The summed E-state index contributed by atoms with van der Waals surface area (Å²) in [6.07, 6.45) is 2.99. The van der Waals surface area contributed by atoms with Gasteiger partial charge in [-0.15, -0.1) is 21.5 Å². The molecule has 1 aromatic carbocycles. The molecule has 0 bridgehead atoms. The molecule has 0 unspecified atom stereocenters. The molecule has 2 aromatic heterocycles. The molecule has 6 nitrogen and oxygen atoms in total. The molecular weight excluding hydrogens is 426 g/mol. The van der Waals surface area contributed by atoms with E-state index in [1.54, 1.807) is 29.5 Å². The molecule has 1 atom stereocenters. The first kappa shape index (κ1) is 20.0. The van der Waals surface area contributed by atoms with E-state index >= 15 is 0 Å². The maximum atomic E-state index is 12.6. The predicted molar refractivity (Wildman–Crippen MR) is 116 cm³/mol. The zero-order chi connectivity index (χ0) is 20.4. The summed E-state index contributed by atoms with van der Waals surface area (Å²) in [5.41, 5.74) is 0.941. The van der Waals surface area contributed by atoms with Crippen LogP contribution in [0.2, 0.25) is 5.02 Å². The van der Waals surface area contributed by atoms with Crippen molar-refractivity contribution in [2.24, 2.45) is 0 Å². The first-order chi connectivity index (χ1) is 14.0. The van der Waals surface area contributed by atoms with Gasteiger partial charge in [0.15, 0.2) is 5.16 Å². The Hall–Kier alpha value is -2.34. The van der Waals surface area contributed by atoms with E-state index in [9.17, 15) is 4.79 Å². The summed E-state index contributed by atoms with van der Waals surface area (Å²) in [5, 5.41) is 23.4. The molecule has 148 valence electrons. The van der Waals surface area contributed by atoms with Gasteiger partial charge in [0.1, 0.15) is 11.9 Å². The lowest BCUT2D eigenvalue weighted by Gasteiger charge is -2.13. The van der Waals surface area contributed by atoms with E-state index in [0.717, 1.165) is 30.2 Å². The van der Waals surface area contributed by atoms with Crippen molar-refractivity contribution in [3.63, 3.8) is 0 Å². The van der Waals surface area contributed by atoms with E-state index in [1.807, 2.05) is 19.1 Å². The third-order valence-electron chi connectivity index (χ3n) is 4.57. The lowest BCUT2D eigenvalue weighted by Crippen LogP contribution is -2.23. The van der Waals surface area contributed by atoms with E-state index < -0.39 is 0 Å². The van der Waals surface area contributed by atoms with Crippen molar-refractivity contribution in [1.29, 1.82) is 5.26 Å². The smallest absolute Gasteiger partial charge is 0.237 e. The number of rotatable bonds is 7. The van der Waals surface area contributed by atoms with Crippen LogP contribution in [0.1, 0.15) is 42.1 Å². The van der Waals surface area contributed by atoms with Crippen LogP contribution in [-0.2, 0) is 11.2 Å². The normalized spacial score (nSPS) is 14.4. The average molecular weight is 444 g/mol. The van der Waals surface area contributed by atoms with Crippen molar-refractivity contribution in [2.75, 3.05) is 5.32 Å². The third kappa shape index (κ3) is 4.64. The number of thiophene rings is 1. The van der Waals surface area contributed by atoms with Crippen LogP contribution < -0.4 is 5.32 Å². The number of aromatic nitrogens is 3. The molecule has 29 heavy (non-hydrogen) atoms. The number of carbonyl (C=O) groups excluding carboxylic acids is 1. The molecular formula is C20H18ClN5OS2. The molecule has 1 amide bonds. The first-order valence-corrected chi connectivity index (χ1v) is 11.3. The van der Waals surface area contributed by atoms with Crippen molar-refractivity contribution < 1.29 is 4.79 Å². The number of carbonyl (C=O) groups is 1. The molecule has 0 spiro atoms. The van der Waals surface area contributed by atoms with Crippen LogP contribution in [-0.4, -0.2) is 25.9 Å². The number of amides is 1. The van der Waals surface area contributed by atoms with Crippen LogP contribution in [0.15, 0.2) is 40.9 Å². The average Bonchev–Trinajstić information content (AvgIpc) is 3.26. The zero-order valence-electron chi connectivity index (χ0n) is 15.6. The van der Waals surface area contributed by atoms with E-state index in [1.165, 1.54) is 16.6 Å². The molecule has 9 heteroatoms. The van der Waals surface area contributed by atoms with Crippen LogP contribution in [0.4, 0.5) is 5.69 Å². The summed E-state index contributed by atoms with van der Waals surface area (Å²) in [4.78, 5) is 13.9. The molecule has 0 saturated heterocycles. The highest BCUT2D eigenvalue weighted by Gasteiger charge is 2.31. The lowest BCUT2D eigenvalue weighted by atomic mass is 10.2. The molecule has 3 aromatic rings. The third-order valence-corrected chi connectivity index (χ3v) is 6.81. The predicted octanol–water partition coefficient (Wildman–Crippen LogP) is 4.91. The minimum Gasteiger partial charge on any atom is -0.325 e. The Kier molecular flexibility index (Phi) is 5.90. The van der Waals surface area contributed by atoms with Gasteiger partial charge >= 0.3 is 0 Å². The molecule has 0 aliphatic heterocycles. The Morgan fingerprint density at radius 2 is 2.28 bits per heavy atom. The van der Waals surface area contributed by atoms with Crippen LogP contribution in [0.5, 0.6) is 0 Å². The van der Waals surface area contributed by atoms with Gasteiger partial charge in [0.25, 0.3) is 0 Å². The van der Waals surface area contributed by atoms with Gasteiger partial charge in [-0.1, -0.05) is 29.4 Å². The lowest BCUT2D eigenvalue weighted by molar-refractivity contribution is -0.115. The fourth-order valence-corrected chi connectivity index (χ4v) is 4.78. The van der Waals surface area contributed by atoms with E-state index in [-0.39, 0.29) is 11.2 Å². The monoisotopic (exact) mass is 443 g/mol. The molecule has 1 fully saturated rings. The van der Waals surface area contributed by atoms with Crippen LogP contribution in [0, 0.1) is 11.3 Å². The number of anilines is 1. The van der Waals surface area contributed by atoms with E-state index in [4.69, 9.17) is 16.9 Å². The number of nitrogens with one attached hydrogen (secondary N) is 1. The second kappa shape index (κ2) is 8.57. The first-order valence-electron chi connectivity index (χ1n) is 9.18. The highest BCUT2D eigenvalue weighted by molar-refractivity contribution is 8.00. The van der Waals surface area contributed by atoms with Crippen molar-refractivity contribution in [3.8, 4) is 6.07 Å². The van der Waals surface area contributed by atoms with Gasteiger partial charge in [-0.2, -0.15) is 5.26 Å². The van der Waals surface area contributed by atoms with Gasteiger partial charge < -0.3 is 9.88 Å². The summed E-state index contributed by atoms with van der Waals surface area (Å²) in [6, 6.07) is 11.4. The Morgan fingerprint density at radius 1 is 1.45 bits per heavy atom. The summed E-state index contributed by atoms with van der Waals surface area (Å²) >= 11 is 9.16. The Morgan fingerprint density at radius 3 is 2.93 bits per heavy atom. The van der Waals surface area contributed by atoms with E-state index in [2.05, 4.69) is 31.5 Å². The topological polar surface area (TPSA) is 83.6 Å². The number of hydrogen-bond acceptors (Lipinski definition) is 6. The number of halogens is 1. The van der Waals surface area contributed by atoms with Gasteiger partial charge in [0.2, 0.25) is 5.91 Å². The molecule has 1 saturated carbocycles. The molecule has 2 heterocycles. The van der Waals surface area contributed by atoms with E-state index in [0.29, 0.717) is 22.3 Å². The Balaban J connectivity index is 1.46. The number of nitrogens with zero attached hydrogens (tertiary/aromatic N) is 4. The largest absolute Gasteiger partial charge is 0.325 e. The molecule has 4 rings (SSSR count). The van der Waals surface area contributed by atoms with Crippen molar-refractivity contribution in [2.45, 2.75) is 42.6 Å². The number of hydrogen-bond donors (Lipinski definition) is 1. The minimum atomic E-state index is -0.360. The van der Waals surface area contributed by atoms with Gasteiger partial charge in [-0.25, -0.2) is 0 Å². The summed E-state index contributed by atoms with van der Waals surface area (Å²) < 4.78 is 2.19. The fraction of sp³-hybridized carbons (Fsp3) is 0.300. The Labute approximate surface area is 181 Å². The van der Waals surface area contributed by atoms with Crippen molar-refractivity contribution >= 4 is 46.3 Å². The quantitative estimate of drug-likeness (QED) is 0.524. The van der Waals surface area contributed by atoms with Crippen molar-refractivity contribution in [1.82, 2.24) is 14.8 Å². The van der Waals surface area contributed by atoms with Crippen molar-refractivity contribution in [3.05, 3.63) is 57.0 Å². The summed E-state index contributed by atoms with van der Waals surface area (Å²) in [5.74, 6) is 0.796. The minimum absolute atomic E-state index is 0.152. The highest BCUT2D eigenvalue weighted by atomic mass is 35.5. The Bertz CT molecular complexity index is 1070. The van der Waals surface area contributed by atoms with Gasteiger partial charge in [0.05, 0.1) is 15.8 Å². The standard InChI is InChI=1S/C20H18ClN5OS2/c1-12(19(27)23-14-5-4-13(11-22)17(21)9-14)29-20-25-24-18(26(20)15-6-7-15)10-16-3-2-8-28-16/h2-5,8-9,12,15H,6-7,10H2,1H3,(H,23,27)/t12-/m1/s1. The molecule has 1 aliphatic carbocycles. The number of nitriles is 1. The SMILES string of the molecule is C[C@@H](Sc1nnc(Cc2cccs2)n1C1CC1)C(=O)Nc1ccc(C#N)c(Cl)c1. The number of thioether (sulfide) groups is 1. The van der Waals surface area contributed by atoms with Crippen LogP contribution in [0.3, 0.4) is 0 Å². The maximum absolute atomic E-state index is 12.6. The molecule has 1 aliphatic rings. The number of benzene rings is 1. The van der Waals surface area contributed by atoms with Gasteiger partial charge in [-0.3, -0.25) is 4.79 Å². The second-order valence-corrected chi connectivity index (χ2v) is 9.56. The zero-order valence-corrected chi connectivity index (χ0v) is 18.0. The van der Waals surface area contributed by atoms with Crippen LogP contribution in [0.25, 0.3) is 0 Å². The van der Waals surface area contributed by atoms with Crippen LogP contribution >= 0.6 is 34.7 Å². The second-order valence-electron chi connectivity index (χ2n) is 6.81. The van der Waals surface area contributed by atoms with Gasteiger partial charge in [0, 0.05) is 23.0 Å². The summed E-state index contributed by atoms with van der Waals surface area (Å²) in [7, 11) is 0. The molecule has 1 N–H and O–H groups in total. The fourth-order valence-electron chi connectivity index (χ4n) is 2.92. The maximum Gasteiger partial charge on any atom is 0.237 e. The van der Waals surface area contributed by atoms with Gasteiger partial charge in [-0.05, 0) is 49.4 Å². The molecule has 0 radical (unpaired) electrons. The highest BCUT2D eigenvalue weighted by Crippen LogP contribution is 2.40.